The van der Waals surface area contributed by atoms with Gasteiger partial charge in [0.1, 0.15) is 17.3 Å². The van der Waals surface area contributed by atoms with Gasteiger partial charge in [0.05, 0.1) is 11.4 Å². The average molecular weight is 353 g/mol. The number of nitrogens with one attached hydrogen (secondary N) is 1. The second-order valence-corrected chi connectivity index (χ2v) is 6.81. The molecule has 0 aliphatic carbocycles. The number of anilines is 2. The predicted octanol–water partition coefficient (Wildman–Crippen LogP) is 3.08. The van der Waals surface area contributed by atoms with Crippen molar-refractivity contribution in [2.75, 3.05) is 24.2 Å². The summed E-state index contributed by atoms with van der Waals surface area (Å²) in [7, 11) is 0. The highest BCUT2D eigenvalue weighted by Crippen LogP contribution is 2.29. The zero-order valence-electron chi connectivity index (χ0n) is 13.0. The van der Waals surface area contributed by atoms with E-state index in [0.717, 1.165) is 12.0 Å². The van der Waals surface area contributed by atoms with E-state index in [1.165, 1.54) is 22.7 Å². The molecule has 0 fully saturated rings. The van der Waals surface area contributed by atoms with Crippen LogP contribution < -0.4 is 11.1 Å². The largest absolute Gasteiger partial charge is 0.464 e. The molecular weight excluding hydrogens is 334 g/mol. The van der Waals surface area contributed by atoms with Crippen LogP contribution in [0.1, 0.15) is 39.9 Å². The molecule has 23 heavy (non-hydrogen) atoms. The van der Waals surface area contributed by atoms with Gasteiger partial charge in [-0.25, -0.2) is 4.98 Å². The number of nitrogens with two attached hydrogens (primary N) is 1. The topological polar surface area (TPSA) is 94.3 Å². The second kappa shape index (κ2) is 8.07. The van der Waals surface area contributed by atoms with Crippen LogP contribution in [0.15, 0.2) is 11.4 Å². The van der Waals surface area contributed by atoms with E-state index in [-0.39, 0.29) is 24.2 Å². The van der Waals surface area contributed by atoms with Gasteiger partial charge < -0.3 is 15.8 Å². The van der Waals surface area contributed by atoms with Gasteiger partial charge >= 0.3 is 5.97 Å². The number of nitrogen functional groups attached to an aromatic ring is 1. The Hall–Kier alpha value is -1.93. The lowest BCUT2D eigenvalue weighted by Gasteiger charge is -2.04. The Morgan fingerprint density at radius 3 is 2.83 bits per heavy atom. The Bertz CT molecular complexity index is 694. The molecule has 2 aromatic rings. The molecule has 0 unspecified atom stereocenters. The highest BCUT2D eigenvalue weighted by molar-refractivity contribution is 7.19. The fourth-order valence-electron chi connectivity index (χ4n) is 1.88. The van der Waals surface area contributed by atoms with E-state index in [9.17, 15) is 9.59 Å². The van der Waals surface area contributed by atoms with Gasteiger partial charge in [-0.2, -0.15) is 0 Å². The van der Waals surface area contributed by atoms with Crippen molar-refractivity contribution in [3.8, 4) is 0 Å². The highest BCUT2D eigenvalue weighted by atomic mass is 32.1. The maximum absolute atomic E-state index is 12.5. The van der Waals surface area contributed by atoms with Crippen LogP contribution in [0.2, 0.25) is 0 Å². The number of ketones is 1. The van der Waals surface area contributed by atoms with Gasteiger partial charge in [-0.3, -0.25) is 9.59 Å². The quantitative estimate of drug-likeness (QED) is 0.430. The Balaban J connectivity index is 1.92. The molecule has 0 saturated heterocycles. The molecule has 0 saturated carbocycles. The first kappa shape index (κ1) is 17.4. The van der Waals surface area contributed by atoms with E-state index in [0.29, 0.717) is 27.9 Å². The van der Waals surface area contributed by atoms with E-state index in [4.69, 9.17) is 10.5 Å². The van der Waals surface area contributed by atoms with Gasteiger partial charge in [0.15, 0.2) is 5.13 Å². The number of thiophene rings is 1. The number of hydrogen-bond acceptors (Lipinski definition) is 8. The number of ether oxygens (including phenoxy) is 1. The number of nitrogens with zero attached hydrogens (tertiary/aromatic N) is 1. The van der Waals surface area contributed by atoms with Crippen LogP contribution >= 0.6 is 22.7 Å². The third-order valence-corrected chi connectivity index (χ3v) is 5.07. The Kier molecular flexibility index (Phi) is 6.12. The van der Waals surface area contributed by atoms with Crippen molar-refractivity contribution < 1.29 is 14.3 Å². The molecule has 0 spiro atoms. The molecule has 124 valence electrons. The van der Waals surface area contributed by atoms with Gasteiger partial charge in [0, 0.05) is 6.42 Å². The number of esters is 1. The van der Waals surface area contributed by atoms with Crippen molar-refractivity contribution in [2.45, 2.75) is 26.7 Å². The van der Waals surface area contributed by atoms with Gasteiger partial charge in [-0.15, -0.1) is 11.3 Å². The highest BCUT2D eigenvalue weighted by Gasteiger charge is 2.20. The standard InChI is InChI=1S/C15H19N3O3S2/c1-3-4-10(19)21-7-6-17-15-18-14(16)13(23-15)11(20)12-9(2)5-8-22-12/h5,8H,3-4,6-7,16H2,1-2H3,(H,17,18). The minimum absolute atomic E-state index is 0.102. The number of thiazole rings is 1. The number of aryl methyl sites for hydroxylation is 1. The summed E-state index contributed by atoms with van der Waals surface area (Å²) in [4.78, 5) is 29.0. The molecule has 2 heterocycles. The fraction of sp³-hybridized carbons (Fsp3) is 0.400. The fourth-order valence-corrected chi connectivity index (χ4v) is 3.67. The van der Waals surface area contributed by atoms with Crippen molar-refractivity contribution in [1.29, 1.82) is 0 Å². The molecule has 0 aromatic carbocycles. The van der Waals surface area contributed by atoms with Crippen molar-refractivity contribution in [2.24, 2.45) is 0 Å². The third-order valence-electron chi connectivity index (χ3n) is 3.02. The summed E-state index contributed by atoms with van der Waals surface area (Å²) in [6, 6.07) is 1.90. The minimum Gasteiger partial charge on any atom is -0.464 e. The molecule has 6 nitrogen and oxygen atoms in total. The zero-order chi connectivity index (χ0) is 16.8. The number of carbonyl (C=O) groups excluding carboxylic acids is 2. The summed E-state index contributed by atoms with van der Waals surface area (Å²) in [5, 5.41) is 5.45. The lowest BCUT2D eigenvalue weighted by Crippen LogP contribution is -2.13. The molecule has 0 aliphatic rings. The smallest absolute Gasteiger partial charge is 0.305 e. The van der Waals surface area contributed by atoms with Crippen LogP contribution in [0.4, 0.5) is 10.9 Å². The number of rotatable bonds is 8. The summed E-state index contributed by atoms with van der Waals surface area (Å²) in [5.41, 5.74) is 6.78. The van der Waals surface area contributed by atoms with Crippen molar-refractivity contribution in [3.05, 3.63) is 26.8 Å². The Labute approximate surface area is 142 Å². The zero-order valence-corrected chi connectivity index (χ0v) is 14.7. The molecule has 2 aromatic heterocycles. The molecule has 0 amide bonds. The first-order valence-corrected chi connectivity index (χ1v) is 8.97. The number of carbonyl (C=O) groups is 2. The van der Waals surface area contributed by atoms with E-state index in [2.05, 4.69) is 10.3 Å². The number of hydrogen-bond donors (Lipinski definition) is 2. The molecule has 3 N–H and O–H groups in total. The van der Waals surface area contributed by atoms with E-state index >= 15 is 0 Å². The molecule has 0 atom stereocenters. The minimum atomic E-state index is -0.211. The van der Waals surface area contributed by atoms with Gasteiger partial charge in [-0.05, 0) is 30.4 Å². The Morgan fingerprint density at radius 2 is 2.17 bits per heavy atom. The molecule has 0 bridgehead atoms. The normalized spacial score (nSPS) is 10.5. The van der Waals surface area contributed by atoms with Crippen LogP contribution in [-0.4, -0.2) is 29.9 Å². The predicted molar refractivity (Wildman–Crippen MR) is 93.4 cm³/mol. The van der Waals surface area contributed by atoms with Crippen LogP contribution in [-0.2, 0) is 9.53 Å². The SMILES string of the molecule is CCCC(=O)OCCNc1nc(N)c(C(=O)c2sccc2C)s1. The van der Waals surface area contributed by atoms with Gasteiger partial charge in [-0.1, -0.05) is 18.3 Å². The lowest BCUT2D eigenvalue weighted by atomic mass is 10.2. The first-order chi connectivity index (χ1) is 11.0. The van der Waals surface area contributed by atoms with Crippen molar-refractivity contribution >= 4 is 45.4 Å². The summed E-state index contributed by atoms with van der Waals surface area (Å²) in [6.07, 6.45) is 1.19. The van der Waals surface area contributed by atoms with Crippen molar-refractivity contribution in [3.63, 3.8) is 0 Å². The van der Waals surface area contributed by atoms with E-state index in [1.54, 1.807) is 0 Å². The summed E-state index contributed by atoms with van der Waals surface area (Å²) < 4.78 is 5.04. The molecular formula is C15H19N3O3S2. The summed E-state index contributed by atoms with van der Waals surface area (Å²) in [6.45, 7) is 4.50. The van der Waals surface area contributed by atoms with Crippen molar-refractivity contribution in [1.82, 2.24) is 4.98 Å². The molecule has 8 heteroatoms. The third kappa shape index (κ3) is 4.52. The van der Waals surface area contributed by atoms with Crippen LogP contribution in [0, 0.1) is 6.92 Å². The molecule has 0 radical (unpaired) electrons. The molecule has 0 aliphatic heterocycles. The van der Waals surface area contributed by atoms with Gasteiger partial charge in [0.2, 0.25) is 5.78 Å². The van der Waals surface area contributed by atoms with Crippen LogP contribution in [0.25, 0.3) is 0 Å². The van der Waals surface area contributed by atoms with E-state index in [1.807, 2.05) is 25.3 Å². The summed E-state index contributed by atoms with van der Waals surface area (Å²) >= 11 is 2.61. The molecule has 2 rings (SSSR count). The van der Waals surface area contributed by atoms with E-state index < -0.39 is 0 Å². The average Bonchev–Trinajstić information content (AvgIpc) is 3.09. The van der Waals surface area contributed by atoms with Gasteiger partial charge in [0.25, 0.3) is 0 Å². The number of aromatic nitrogens is 1. The maximum Gasteiger partial charge on any atom is 0.305 e. The van der Waals surface area contributed by atoms with Crippen LogP contribution in [0.3, 0.4) is 0 Å². The second-order valence-electron chi connectivity index (χ2n) is 4.89. The first-order valence-electron chi connectivity index (χ1n) is 7.27. The van der Waals surface area contributed by atoms with Crippen LogP contribution in [0.5, 0.6) is 0 Å². The summed E-state index contributed by atoms with van der Waals surface area (Å²) in [5.74, 6) is -0.0924. The monoisotopic (exact) mass is 353 g/mol. The Morgan fingerprint density at radius 1 is 1.39 bits per heavy atom. The maximum atomic E-state index is 12.5. The lowest BCUT2D eigenvalue weighted by molar-refractivity contribution is -0.143.